The molecule has 2 aliphatic rings. The van der Waals surface area contributed by atoms with Crippen molar-refractivity contribution in [3.63, 3.8) is 0 Å². The van der Waals surface area contributed by atoms with Crippen LogP contribution < -0.4 is 5.32 Å². The molecule has 1 saturated carbocycles. The highest BCUT2D eigenvalue weighted by Gasteiger charge is 2.31. The van der Waals surface area contributed by atoms with Crippen molar-refractivity contribution in [1.29, 1.82) is 0 Å². The van der Waals surface area contributed by atoms with Crippen molar-refractivity contribution in [2.45, 2.75) is 44.2 Å². The van der Waals surface area contributed by atoms with Crippen LogP contribution in [0.3, 0.4) is 0 Å². The predicted octanol–water partition coefficient (Wildman–Crippen LogP) is 2.38. The Morgan fingerprint density at radius 2 is 2.05 bits per heavy atom. The molecule has 106 valence electrons. The molecule has 3 rings (SSSR count). The molecule has 20 heavy (non-hydrogen) atoms. The summed E-state index contributed by atoms with van der Waals surface area (Å²) in [5, 5.41) is 6.84. The Morgan fingerprint density at radius 1 is 1.30 bits per heavy atom. The van der Waals surface area contributed by atoms with Crippen molar-refractivity contribution in [3.05, 3.63) is 35.6 Å². The van der Waals surface area contributed by atoms with Crippen LogP contribution in [0.5, 0.6) is 0 Å². The van der Waals surface area contributed by atoms with Crippen LogP contribution in [0.2, 0.25) is 0 Å². The van der Waals surface area contributed by atoms with Crippen LogP contribution in [-0.4, -0.2) is 23.8 Å². The van der Waals surface area contributed by atoms with Crippen LogP contribution in [0.15, 0.2) is 29.4 Å². The monoisotopic (exact) mass is 276 g/mol. The number of benzene rings is 1. The van der Waals surface area contributed by atoms with Crippen molar-refractivity contribution in [3.8, 4) is 0 Å². The van der Waals surface area contributed by atoms with Crippen LogP contribution in [0, 0.1) is 5.82 Å². The fraction of sp³-hybridized carbons (Fsp3) is 0.467. The molecular formula is C15H17FN2O2. The van der Waals surface area contributed by atoms with Crippen LogP contribution in [0.4, 0.5) is 4.39 Å². The molecule has 1 amide bonds. The molecule has 1 N–H and O–H groups in total. The second-order valence-corrected chi connectivity index (χ2v) is 5.31. The van der Waals surface area contributed by atoms with Gasteiger partial charge in [0.2, 0.25) is 6.10 Å². The topological polar surface area (TPSA) is 50.7 Å². The summed E-state index contributed by atoms with van der Waals surface area (Å²) < 4.78 is 13.7. The molecule has 0 bridgehead atoms. The molecule has 0 aromatic heterocycles. The van der Waals surface area contributed by atoms with Gasteiger partial charge in [0.05, 0.1) is 5.71 Å². The summed E-state index contributed by atoms with van der Waals surface area (Å²) >= 11 is 0. The summed E-state index contributed by atoms with van der Waals surface area (Å²) in [6.07, 6.45) is 4.06. The zero-order valence-corrected chi connectivity index (χ0v) is 11.1. The maximum Gasteiger partial charge on any atom is 0.264 e. The van der Waals surface area contributed by atoms with E-state index in [9.17, 15) is 9.18 Å². The Balaban J connectivity index is 1.61. The number of amides is 1. The third-order valence-corrected chi connectivity index (χ3v) is 3.85. The number of rotatable bonds is 3. The maximum atomic E-state index is 13.7. The fourth-order valence-corrected chi connectivity index (χ4v) is 2.74. The highest BCUT2D eigenvalue weighted by Crippen LogP contribution is 2.21. The molecule has 1 aliphatic heterocycles. The van der Waals surface area contributed by atoms with Gasteiger partial charge in [0, 0.05) is 18.0 Å². The largest absolute Gasteiger partial charge is 0.382 e. The van der Waals surface area contributed by atoms with E-state index in [1.54, 1.807) is 18.2 Å². The summed E-state index contributed by atoms with van der Waals surface area (Å²) in [5.41, 5.74) is 0.901. The van der Waals surface area contributed by atoms with Gasteiger partial charge in [-0.1, -0.05) is 36.2 Å². The van der Waals surface area contributed by atoms with Crippen LogP contribution in [0.1, 0.15) is 37.7 Å². The van der Waals surface area contributed by atoms with Gasteiger partial charge in [-0.25, -0.2) is 4.39 Å². The summed E-state index contributed by atoms with van der Waals surface area (Å²) in [6, 6.07) is 6.65. The van der Waals surface area contributed by atoms with Gasteiger partial charge in [0.1, 0.15) is 5.82 Å². The first-order valence-corrected chi connectivity index (χ1v) is 7.02. The first-order valence-electron chi connectivity index (χ1n) is 7.02. The van der Waals surface area contributed by atoms with Crippen LogP contribution in [0.25, 0.3) is 0 Å². The number of hydrogen-bond acceptors (Lipinski definition) is 3. The first kappa shape index (κ1) is 13.1. The molecule has 0 radical (unpaired) electrons. The van der Waals surface area contributed by atoms with Crippen molar-refractivity contribution in [2.75, 3.05) is 0 Å². The molecule has 1 aromatic rings. The molecule has 1 heterocycles. The minimum atomic E-state index is -0.634. The van der Waals surface area contributed by atoms with E-state index in [0.29, 0.717) is 17.7 Å². The number of nitrogens with one attached hydrogen (secondary N) is 1. The standard InChI is InChI=1S/C15H17FN2O2/c16-12-8-4-3-7-11(12)13-9-14(20-18-13)15(19)17-10-5-1-2-6-10/h3-4,7-8,10,14H,1-2,5-6,9H2,(H,17,19). The third-order valence-electron chi connectivity index (χ3n) is 3.85. The molecule has 1 atom stereocenters. The number of carbonyl (C=O) groups excluding carboxylic acids is 1. The van der Waals surface area contributed by atoms with E-state index in [2.05, 4.69) is 10.5 Å². The molecule has 5 heteroatoms. The molecule has 1 unspecified atom stereocenters. The lowest BCUT2D eigenvalue weighted by Gasteiger charge is -2.14. The summed E-state index contributed by atoms with van der Waals surface area (Å²) in [6.45, 7) is 0. The lowest BCUT2D eigenvalue weighted by molar-refractivity contribution is -0.131. The second-order valence-electron chi connectivity index (χ2n) is 5.31. The lowest BCUT2D eigenvalue weighted by Crippen LogP contribution is -2.40. The summed E-state index contributed by atoms with van der Waals surface area (Å²) in [4.78, 5) is 17.2. The third kappa shape index (κ3) is 2.66. The SMILES string of the molecule is O=C(NC1CCCC1)C1CC(c2ccccc2F)=NO1. The van der Waals surface area contributed by atoms with E-state index in [0.717, 1.165) is 25.7 Å². The quantitative estimate of drug-likeness (QED) is 0.921. The van der Waals surface area contributed by atoms with Crippen molar-refractivity contribution >= 4 is 11.6 Å². The zero-order chi connectivity index (χ0) is 13.9. The van der Waals surface area contributed by atoms with Crippen molar-refractivity contribution < 1.29 is 14.0 Å². The van der Waals surface area contributed by atoms with E-state index in [1.807, 2.05) is 0 Å². The molecule has 0 spiro atoms. The fourth-order valence-electron chi connectivity index (χ4n) is 2.74. The number of hydrogen-bond donors (Lipinski definition) is 1. The Hall–Kier alpha value is -1.91. The average molecular weight is 276 g/mol. The molecule has 1 fully saturated rings. The van der Waals surface area contributed by atoms with Crippen molar-refractivity contribution in [2.24, 2.45) is 5.16 Å². The van der Waals surface area contributed by atoms with Crippen molar-refractivity contribution in [1.82, 2.24) is 5.32 Å². The van der Waals surface area contributed by atoms with E-state index < -0.39 is 6.10 Å². The second kappa shape index (κ2) is 5.61. The number of oxime groups is 1. The van der Waals surface area contributed by atoms with Gasteiger partial charge in [-0.15, -0.1) is 0 Å². The van der Waals surface area contributed by atoms with Crippen LogP contribution in [-0.2, 0) is 9.63 Å². The summed E-state index contributed by atoms with van der Waals surface area (Å²) in [5.74, 6) is -0.487. The Labute approximate surface area is 117 Å². The van der Waals surface area contributed by atoms with E-state index >= 15 is 0 Å². The van der Waals surface area contributed by atoms with Crippen LogP contribution >= 0.6 is 0 Å². The maximum absolute atomic E-state index is 13.7. The van der Waals surface area contributed by atoms with E-state index in [4.69, 9.17) is 4.84 Å². The molecule has 1 aromatic carbocycles. The highest BCUT2D eigenvalue weighted by atomic mass is 19.1. The first-order chi connectivity index (χ1) is 9.74. The van der Waals surface area contributed by atoms with Gasteiger partial charge in [-0.2, -0.15) is 0 Å². The van der Waals surface area contributed by atoms with Gasteiger partial charge in [0.15, 0.2) is 0 Å². The highest BCUT2D eigenvalue weighted by molar-refractivity contribution is 6.04. The van der Waals surface area contributed by atoms with Gasteiger partial charge in [-0.3, -0.25) is 4.79 Å². The average Bonchev–Trinajstić information content (AvgIpc) is 3.10. The van der Waals surface area contributed by atoms with E-state index in [-0.39, 0.29) is 17.8 Å². The summed E-state index contributed by atoms with van der Waals surface area (Å²) in [7, 11) is 0. The van der Waals surface area contributed by atoms with Gasteiger partial charge >= 0.3 is 0 Å². The smallest absolute Gasteiger partial charge is 0.264 e. The molecule has 1 aliphatic carbocycles. The minimum absolute atomic E-state index is 0.146. The van der Waals surface area contributed by atoms with Gasteiger partial charge in [0.25, 0.3) is 5.91 Å². The van der Waals surface area contributed by atoms with Gasteiger partial charge in [-0.05, 0) is 18.9 Å². The zero-order valence-electron chi connectivity index (χ0n) is 11.1. The molecular weight excluding hydrogens is 259 g/mol. The Morgan fingerprint density at radius 3 is 2.80 bits per heavy atom. The molecule has 4 nitrogen and oxygen atoms in total. The minimum Gasteiger partial charge on any atom is -0.382 e. The van der Waals surface area contributed by atoms with E-state index in [1.165, 1.54) is 6.07 Å². The number of carbonyl (C=O) groups is 1. The number of halogens is 1. The Kier molecular flexibility index (Phi) is 3.67. The number of nitrogens with zero attached hydrogens (tertiary/aromatic N) is 1. The lowest BCUT2D eigenvalue weighted by atomic mass is 10.0. The predicted molar refractivity (Wildman–Crippen MR) is 72.8 cm³/mol. The molecule has 0 saturated heterocycles. The van der Waals surface area contributed by atoms with Gasteiger partial charge < -0.3 is 10.2 Å². The Bertz CT molecular complexity index is 538. The normalized spacial score (nSPS) is 22.4.